The lowest BCUT2D eigenvalue weighted by Crippen LogP contribution is -2.33. The van der Waals surface area contributed by atoms with Crippen molar-refractivity contribution < 1.29 is 9.53 Å². The van der Waals surface area contributed by atoms with Gasteiger partial charge in [-0.05, 0) is 36.1 Å². The van der Waals surface area contributed by atoms with Crippen molar-refractivity contribution in [2.24, 2.45) is 0 Å². The smallest absolute Gasteiger partial charge is 0.262 e. The first-order valence-electron chi connectivity index (χ1n) is 10.0. The Hall–Kier alpha value is -3.45. The summed E-state index contributed by atoms with van der Waals surface area (Å²) in [5.74, 6) is 0.569. The minimum atomic E-state index is -0.227. The molecule has 2 heterocycles. The monoisotopic (exact) mass is 433 g/mol. The third kappa shape index (κ3) is 4.36. The molecular formula is C24H23N3O3S. The Morgan fingerprint density at radius 3 is 2.65 bits per heavy atom. The van der Waals surface area contributed by atoms with E-state index in [1.807, 2.05) is 61.5 Å². The number of hydrogen-bond donors (Lipinski definition) is 1. The van der Waals surface area contributed by atoms with Crippen molar-refractivity contribution in [2.75, 3.05) is 13.7 Å². The van der Waals surface area contributed by atoms with Gasteiger partial charge in [-0.15, -0.1) is 11.3 Å². The Morgan fingerprint density at radius 2 is 1.87 bits per heavy atom. The minimum Gasteiger partial charge on any atom is -0.496 e. The Morgan fingerprint density at radius 1 is 1.13 bits per heavy atom. The van der Waals surface area contributed by atoms with Gasteiger partial charge in [0.25, 0.3) is 5.56 Å². The van der Waals surface area contributed by atoms with E-state index < -0.39 is 0 Å². The van der Waals surface area contributed by atoms with Crippen molar-refractivity contribution in [3.05, 3.63) is 82.4 Å². The Kier molecular flexibility index (Phi) is 6.13. The molecule has 0 atom stereocenters. The fourth-order valence-electron chi connectivity index (χ4n) is 3.59. The van der Waals surface area contributed by atoms with Crippen LogP contribution in [-0.2, 0) is 17.8 Å². The second-order valence-corrected chi connectivity index (χ2v) is 8.19. The first-order chi connectivity index (χ1) is 15.1. The molecule has 31 heavy (non-hydrogen) atoms. The summed E-state index contributed by atoms with van der Waals surface area (Å²) in [5, 5.41) is 3.45. The summed E-state index contributed by atoms with van der Waals surface area (Å²) in [4.78, 5) is 31.6. The van der Waals surface area contributed by atoms with Crippen molar-refractivity contribution in [2.45, 2.75) is 19.9 Å². The van der Waals surface area contributed by atoms with Crippen molar-refractivity contribution in [1.29, 1.82) is 0 Å². The maximum absolute atomic E-state index is 13.0. The molecule has 0 unspecified atom stereocenters. The molecule has 0 radical (unpaired) electrons. The lowest BCUT2D eigenvalue weighted by atomic mass is 10.1. The van der Waals surface area contributed by atoms with Crippen LogP contribution in [0.1, 0.15) is 11.1 Å². The molecule has 0 saturated heterocycles. The Labute approximate surface area is 184 Å². The van der Waals surface area contributed by atoms with Gasteiger partial charge in [-0.2, -0.15) is 0 Å². The number of rotatable bonds is 7. The first-order valence-corrected chi connectivity index (χ1v) is 10.8. The molecule has 0 fully saturated rings. The molecule has 0 bridgehead atoms. The largest absolute Gasteiger partial charge is 0.496 e. The van der Waals surface area contributed by atoms with Gasteiger partial charge in [0.1, 0.15) is 17.1 Å². The number of amides is 1. The average Bonchev–Trinajstić information content (AvgIpc) is 3.13. The molecule has 0 spiro atoms. The number of nitrogens with one attached hydrogen (secondary N) is 1. The van der Waals surface area contributed by atoms with Crippen LogP contribution >= 0.6 is 11.3 Å². The normalized spacial score (nSPS) is 10.9. The standard InChI is InChI=1S/C24H23N3O3S/c1-16-21-23(31-22(16)18-9-4-3-5-10-18)26-15-27(24(21)29)14-20(28)25-13-12-17-8-6-7-11-19(17)30-2/h3-11,15H,12-14H2,1-2H3,(H,25,28). The highest BCUT2D eigenvalue weighted by Gasteiger charge is 2.16. The number of carbonyl (C=O) groups is 1. The number of methoxy groups -OCH3 is 1. The highest BCUT2D eigenvalue weighted by Crippen LogP contribution is 2.35. The molecule has 2 aromatic carbocycles. The van der Waals surface area contributed by atoms with Gasteiger partial charge in [0, 0.05) is 11.4 Å². The highest BCUT2D eigenvalue weighted by molar-refractivity contribution is 7.22. The summed E-state index contributed by atoms with van der Waals surface area (Å²) in [5.41, 5.74) is 2.78. The molecule has 158 valence electrons. The fraction of sp³-hybridized carbons (Fsp3) is 0.208. The molecule has 4 aromatic rings. The average molecular weight is 434 g/mol. The quantitative estimate of drug-likeness (QED) is 0.481. The predicted octanol–water partition coefficient (Wildman–Crippen LogP) is 3.80. The van der Waals surface area contributed by atoms with Crippen LogP contribution in [0, 0.1) is 6.92 Å². The van der Waals surface area contributed by atoms with E-state index in [4.69, 9.17) is 4.74 Å². The van der Waals surface area contributed by atoms with Crippen LogP contribution in [0.4, 0.5) is 0 Å². The van der Waals surface area contributed by atoms with Gasteiger partial charge in [-0.1, -0.05) is 48.5 Å². The first kappa shape index (κ1) is 20.8. The van der Waals surface area contributed by atoms with E-state index in [2.05, 4.69) is 10.3 Å². The van der Waals surface area contributed by atoms with Crippen LogP contribution in [0.25, 0.3) is 20.7 Å². The summed E-state index contributed by atoms with van der Waals surface area (Å²) >= 11 is 1.50. The van der Waals surface area contributed by atoms with Gasteiger partial charge in [-0.3, -0.25) is 14.2 Å². The van der Waals surface area contributed by atoms with Gasteiger partial charge < -0.3 is 10.1 Å². The number of para-hydroxylation sites is 1. The predicted molar refractivity (Wildman–Crippen MR) is 124 cm³/mol. The van der Waals surface area contributed by atoms with E-state index in [0.29, 0.717) is 23.2 Å². The lowest BCUT2D eigenvalue weighted by molar-refractivity contribution is -0.121. The summed E-state index contributed by atoms with van der Waals surface area (Å²) in [7, 11) is 1.63. The van der Waals surface area contributed by atoms with E-state index in [1.165, 1.54) is 22.2 Å². The second kappa shape index (κ2) is 9.14. The van der Waals surface area contributed by atoms with Crippen molar-refractivity contribution >= 4 is 27.5 Å². The number of aryl methyl sites for hydroxylation is 1. The molecule has 1 amide bonds. The highest BCUT2D eigenvalue weighted by atomic mass is 32.1. The fourth-order valence-corrected chi connectivity index (χ4v) is 4.74. The van der Waals surface area contributed by atoms with Gasteiger partial charge in [-0.25, -0.2) is 4.98 Å². The number of hydrogen-bond acceptors (Lipinski definition) is 5. The van der Waals surface area contributed by atoms with Crippen molar-refractivity contribution in [3.8, 4) is 16.2 Å². The van der Waals surface area contributed by atoms with Crippen LogP contribution in [0.2, 0.25) is 0 Å². The summed E-state index contributed by atoms with van der Waals surface area (Å²) in [6.45, 7) is 2.32. The maximum Gasteiger partial charge on any atom is 0.262 e. The Balaban J connectivity index is 1.48. The number of fused-ring (bicyclic) bond motifs is 1. The number of ether oxygens (including phenoxy) is 1. The van der Waals surface area contributed by atoms with E-state index in [9.17, 15) is 9.59 Å². The van der Waals surface area contributed by atoms with Gasteiger partial charge >= 0.3 is 0 Å². The van der Waals surface area contributed by atoms with Crippen LogP contribution in [0.3, 0.4) is 0 Å². The molecule has 0 aliphatic rings. The van der Waals surface area contributed by atoms with E-state index in [1.54, 1.807) is 7.11 Å². The number of benzene rings is 2. The summed E-state index contributed by atoms with van der Waals surface area (Å²) in [6.07, 6.45) is 2.10. The number of aromatic nitrogens is 2. The lowest BCUT2D eigenvalue weighted by Gasteiger charge is -2.10. The molecule has 0 aliphatic heterocycles. The topological polar surface area (TPSA) is 73.2 Å². The van der Waals surface area contributed by atoms with E-state index in [0.717, 1.165) is 27.3 Å². The molecule has 0 saturated carbocycles. The van der Waals surface area contributed by atoms with Gasteiger partial charge in [0.05, 0.1) is 18.8 Å². The SMILES string of the molecule is COc1ccccc1CCNC(=O)Cn1cnc2sc(-c3ccccc3)c(C)c2c1=O. The summed E-state index contributed by atoms with van der Waals surface area (Å²) in [6, 6.07) is 17.7. The number of nitrogens with zero attached hydrogens (tertiary/aromatic N) is 2. The molecule has 0 aliphatic carbocycles. The minimum absolute atomic E-state index is 0.0658. The molecule has 4 rings (SSSR count). The zero-order valence-electron chi connectivity index (χ0n) is 17.4. The van der Waals surface area contributed by atoms with Gasteiger partial charge in [0.15, 0.2) is 0 Å². The molecular weight excluding hydrogens is 410 g/mol. The van der Waals surface area contributed by atoms with Crippen LogP contribution in [0.15, 0.2) is 65.7 Å². The van der Waals surface area contributed by atoms with Crippen molar-refractivity contribution in [3.63, 3.8) is 0 Å². The third-order valence-electron chi connectivity index (χ3n) is 5.18. The zero-order chi connectivity index (χ0) is 21.8. The Bertz CT molecular complexity index is 1280. The molecule has 6 nitrogen and oxygen atoms in total. The van der Waals surface area contributed by atoms with Gasteiger partial charge in [0.2, 0.25) is 5.91 Å². The maximum atomic E-state index is 13.0. The third-order valence-corrected chi connectivity index (χ3v) is 6.43. The van der Waals surface area contributed by atoms with Crippen molar-refractivity contribution in [1.82, 2.24) is 14.9 Å². The summed E-state index contributed by atoms with van der Waals surface area (Å²) < 4.78 is 6.71. The molecule has 2 aromatic heterocycles. The van der Waals surface area contributed by atoms with E-state index in [-0.39, 0.29) is 18.0 Å². The van der Waals surface area contributed by atoms with Crippen LogP contribution in [-0.4, -0.2) is 29.1 Å². The second-order valence-electron chi connectivity index (χ2n) is 7.19. The van der Waals surface area contributed by atoms with Crippen LogP contribution < -0.4 is 15.6 Å². The zero-order valence-corrected chi connectivity index (χ0v) is 18.2. The molecule has 1 N–H and O–H groups in total. The molecule has 7 heteroatoms. The number of carbonyl (C=O) groups excluding carboxylic acids is 1. The van der Waals surface area contributed by atoms with E-state index >= 15 is 0 Å². The van der Waals surface area contributed by atoms with Crippen LogP contribution in [0.5, 0.6) is 5.75 Å². The number of thiophene rings is 1.